The van der Waals surface area contributed by atoms with E-state index < -0.39 is 6.17 Å². The second kappa shape index (κ2) is 5.03. The van der Waals surface area contributed by atoms with Gasteiger partial charge in [0.2, 0.25) is 12.7 Å². The molecule has 2 rings (SSSR count). The second-order valence-electron chi connectivity index (χ2n) is 4.18. The minimum atomic E-state index is -0.507. The van der Waals surface area contributed by atoms with Gasteiger partial charge in [0.05, 0.1) is 20.7 Å². The number of aryl methyl sites for hydroxylation is 2. The maximum atomic E-state index is 12.1. The lowest BCUT2D eigenvalue weighted by molar-refractivity contribution is -0.672. The third-order valence-electron chi connectivity index (χ3n) is 2.64. The Bertz CT molecular complexity index is 504. The Labute approximate surface area is 106 Å². The molecule has 2 heterocycles. The lowest BCUT2D eigenvalue weighted by Gasteiger charge is -2.08. The Kier molecular flexibility index (Phi) is 3.45. The molecule has 0 fully saturated rings. The molecule has 0 saturated heterocycles. The molecule has 2 aromatic rings. The molecule has 0 aromatic carbocycles. The summed E-state index contributed by atoms with van der Waals surface area (Å²) in [5.41, 5.74) is 0. The molecule has 0 atom stereocenters. The van der Waals surface area contributed by atoms with E-state index in [9.17, 15) is 4.79 Å². The maximum Gasteiger partial charge on any atom is 0.398 e. The molecule has 6 heteroatoms. The van der Waals surface area contributed by atoms with Crippen LogP contribution in [-0.2, 0) is 23.6 Å². The van der Waals surface area contributed by atoms with Crippen LogP contribution in [0.15, 0.2) is 37.4 Å². The van der Waals surface area contributed by atoms with Crippen LogP contribution in [0.4, 0.5) is 0 Å². The number of nitrogens with zero attached hydrogens (tertiary/aromatic N) is 4. The van der Waals surface area contributed by atoms with Crippen molar-refractivity contribution in [1.82, 2.24) is 9.13 Å². The Morgan fingerprint density at radius 1 is 1.17 bits per heavy atom. The number of aromatic nitrogens is 4. The molecule has 0 aliphatic rings. The zero-order valence-corrected chi connectivity index (χ0v) is 10.9. The minimum absolute atomic E-state index is 0.273. The number of hydrogen-bond acceptors (Lipinski definition) is 2. The average Bonchev–Trinajstić information content (AvgIpc) is 2.90. The Balaban J connectivity index is 2.37. The van der Waals surface area contributed by atoms with Crippen molar-refractivity contribution in [2.24, 2.45) is 14.1 Å². The van der Waals surface area contributed by atoms with Gasteiger partial charge in [-0.25, -0.2) is 13.9 Å². The number of imidazole rings is 2. The lowest BCUT2D eigenvalue weighted by Crippen LogP contribution is -2.31. The van der Waals surface area contributed by atoms with Gasteiger partial charge in [0.1, 0.15) is 24.8 Å². The van der Waals surface area contributed by atoms with Crippen molar-refractivity contribution in [3.05, 3.63) is 37.4 Å². The summed E-state index contributed by atoms with van der Waals surface area (Å²) in [4.78, 5) is 12.1. The van der Waals surface area contributed by atoms with Crippen LogP contribution in [0.5, 0.6) is 0 Å². The van der Waals surface area contributed by atoms with Gasteiger partial charge in [0.15, 0.2) is 0 Å². The summed E-state index contributed by atoms with van der Waals surface area (Å²) in [6, 6.07) is 0. The van der Waals surface area contributed by atoms with Gasteiger partial charge in [-0.15, -0.1) is 0 Å². The topological polar surface area (TPSA) is 43.9 Å². The first-order chi connectivity index (χ1) is 8.61. The molecule has 0 radical (unpaired) electrons. The lowest BCUT2D eigenvalue weighted by atomic mass is 10.4. The third kappa shape index (κ3) is 2.42. The number of rotatable bonds is 4. The van der Waals surface area contributed by atoms with Crippen molar-refractivity contribution < 1.29 is 18.7 Å². The van der Waals surface area contributed by atoms with Crippen LogP contribution in [0.2, 0.25) is 0 Å². The molecule has 0 bridgehead atoms. The zero-order valence-electron chi connectivity index (χ0n) is 10.9. The van der Waals surface area contributed by atoms with E-state index in [2.05, 4.69) is 0 Å². The molecule has 6 nitrogen and oxygen atoms in total. The maximum absolute atomic E-state index is 12.1. The van der Waals surface area contributed by atoms with E-state index in [1.165, 1.54) is 0 Å². The zero-order chi connectivity index (χ0) is 13.1. The minimum Gasteiger partial charge on any atom is -0.460 e. The van der Waals surface area contributed by atoms with Crippen LogP contribution in [-0.4, -0.2) is 21.7 Å². The summed E-state index contributed by atoms with van der Waals surface area (Å²) in [6.45, 7) is 2.18. The van der Waals surface area contributed by atoms with E-state index in [1.54, 1.807) is 6.92 Å². The number of carbonyl (C=O) groups excluding carboxylic acids is 1. The van der Waals surface area contributed by atoms with E-state index in [-0.39, 0.29) is 5.97 Å². The third-order valence-corrected chi connectivity index (χ3v) is 2.64. The van der Waals surface area contributed by atoms with Crippen molar-refractivity contribution >= 4 is 5.97 Å². The van der Waals surface area contributed by atoms with Gasteiger partial charge in [-0.05, 0) is 6.92 Å². The van der Waals surface area contributed by atoms with Gasteiger partial charge in [0.25, 0.3) is 0 Å². The first kappa shape index (κ1) is 12.3. The van der Waals surface area contributed by atoms with Crippen molar-refractivity contribution in [2.75, 3.05) is 6.61 Å². The molecule has 96 valence electrons. The highest BCUT2D eigenvalue weighted by Crippen LogP contribution is 2.10. The summed E-state index contributed by atoms with van der Waals surface area (Å²) < 4.78 is 12.5. The second-order valence-corrected chi connectivity index (χ2v) is 4.18. The molecular formula is C12H18N4O2+2. The van der Waals surface area contributed by atoms with Crippen LogP contribution in [0.25, 0.3) is 0 Å². The molecule has 2 aromatic heterocycles. The van der Waals surface area contributed by atoms with Crippen LogP contribution >= 0.6 is 0 Å². The molecule has 0 aliphatic carbocycles. The summed E-state index contributed by atoms with van der Waals surface area (Å²) >= 11 is 0. The summed E-state index contributed by atoms with van der Waals surface area (Å²) in [6.07, 6.45) is 10.7. The molecule has 0 spiro atoms. The van der Waals surface area contributed by atoms with Crippen LogP contribution in [0.3, 0.4) is 0 Å². The van der Waals surface area contributed by atoms with Crippen molar-refractivity contribution in [2.45, 2.75) is 13.1 Å². The average molecular weight is 250 g/mol. The monoisotopic (exact) mass is 250 g/mol. The first-order valence-corrected chi connectivity index (χ1v) is 5.84. The van der Waals surface area contributed by atoms with Gasteiger partial charge >= 0.3 is 12.1 Å². The van der Waals surface area contributed by atoms with E-state index in [0.29, 0.717) is 6.61 Å². The standard InChI is InChI=1S/C12H18N4O2/c1-4-18-12(17)11(15-7-5-13(2)9-15)16-8-6-14(3)10-16/h5-11H,4H2,1-3H3/q+2. The number of hydrogen-bond donors (Lipinski definition) is 0. The van der Waals surface area contributed by atoms with E-state index in [1.807, 2.05) is 69.8 Å². The van der Waals surface area contributed by atoms with Gasteiger partial charge < -0.3 is 4.74 Å². The van der Waals surface area contributed by atoms with Crippen molar-refractivity contribution in [3.63, 3.8) is 0 Å². The molecule has 0 amide bonds. The van der Waals surface area contributed by atoms with Gasteiger partial charge in [-0.1, -0.05) is 0 Å². The van der Waals surface area contributed by atoms with E-state index in [4.69, 9.17) is 4.74 Å². The molecule has 0 saturated carbocycles. The normalized spacial score (nSPS) is 10.9. The van der Waals surface area contributed by atoms with Gasteiger partial charge in [-0.2, -0.15) is 9.13 Å². The van der Waals surface area contributed by atoms with Crippen LogP contribution in [0, 0.1) is 0 Å². The summed E-state index contributed by atoms with van der Waals surface area (Å²) in [5.74, 6) is -0.273. The van der Waals surface area contributed by atoms with Gasteiger partial charge in [0, 0.05) is 0 Å². The summed E-state index contributed by atoms with van der Waals surface area (Å²) in [7, 11) is 3.82. The Morgan fingerprint density at radius 2 is 1.67 bits per heavy atom. The molecule has 0 N–H and O–H groups in total. The molecule has 18 heavy (non-hydrogen) atoms. The predicted molar refractivity (Wildman–Crippen MR) is 62.3 cm³/mol. The quantitative estimate of drug-likeness (QED) is 0.545. The fourth-order valence-corrected chi connectivity index (χ4v) is 1.84. The number of esters is 1. The van der Waals surface area contributed by atoms with E-state index >= 15 is 0 Å². The van der Waals surface area contributed by atoms with E-state index in [0.717, 1.165) is 0 Å². The number of carbonyl (C=O) groups is 1. The molecule has 0 unspecified atom stereocenters. The van der Waals surface area contributed by atoms with Crippen LogP contribution < -0.4 is 9.13 Å². The molecular weight excluding hydrogens is 232 g/mol. The highest BCUT2D eigenvalue weighted by Gasteiger charge is 2.32. The SMILES string of the molecule is CCOC(=O)C(n1cc[n+](C)c1)n1cc[n+](C)c1. The van der Waals surface area contributed by atoms with Crippen molar-refractivity contribution in [3.8, 4) is 0 Å². The highest BCUT2D eigenvalue weighted by atomic mass is 16.5. The van der Waals surface area contributed by atoms with Gasteiger partial charge in [-0.3, -0.25) is 0 Å². The molecule has 0 aliphatic heterocycles. The smallest absolute Gasteiger partial charge is 0.398 e. The predicted octanol–water partition coefficient (Wildman–Crippen LogP) is -0.451. The summed E-state index contributed by atoms with van der Waals surface area (Å²) in [5, 5.41) is 0. The first-order valence-electron chi connectivity index (χ1n) is 5.84. The van der Waals surface area contributed by atoms with Crippen molar-refractivity contribution in [1.29, 1.82) is 0 Å². The fourth-order valence-electron chi connectivity index (χ4n) is 1.84. The Hall–Kier alpha value is -2.11. The Morgan fingerprint density at radius 3 is 2.00 bits per heavy atom. The van der Waals surface area contributed by atoms with Crippen LogP contribution in [0.1, 0.15) is 13.1 Å². The fraction of sp³-hybridized carbons (Fsp3) is 0.417. The largest absolute Gasteiger partial charge is 0.460 e. The number of ether oxygens (including phenoxy) is 1. The highest BCUT2D eigenvalue weighted by molar-refractivity contribution is 5.74.